The number of unbranched alkanes of at least 4 members (excludes halogenated alkanes) is 1. The molecule has 120 valence electrons. The first-order valence-corrected chi connectivity index (χ1v) is 8.26. The number of carbonyl (C=O) groups is 1. The zero-order valence-electron chi connectivity index (χ0n) is 11.7. The smallest absolute Gasteiger partial charge is 0.235 e. The van der Waals surface area contributed by atoms with E-state index in [2.05, 4.69) is 0 Å². The van der Waals surface area contributed by atoms with Gasteiger partial charge in [0.2, 0.25) is 15.9 Å². The van der Waals surface area contributed by atoms with Crippen molar-refractivity contribution < 1.29 is 22.7 Å². The van der Waals surface area contributed by atoms with Crippen molar-refractivity contribution in [2.24, 2.45) is 11.5 Å². The molecule has 0 aliphatic heterocycles. The minimum absolute atomic E-state index is 0.00694. The number of sulfonamides is 1. The summed E-state index contributed by atoms with van der Waals surface area (Å²) in [4.78, 5) is 11.4. The van der Waals surface area contributed by atoms with Crippen LogP contribution in [0.2, 0.25) is 0 Å². The lowest BCUT2D eigenvalue weighted by Gasteiger charge is -2.07. The highest BCUT2D eigenvalue weighted by Gasteiger charge is 2.13. The van der Waals surface area contributed by atoms with Crippen LogP contribution in [0.15, 0.2) is 0 Å². The minimum Gasteiger partial charge on any atom is -0.379 e. The lowest BCUT2D eigenvalue weighted by molar-refractivity contribution is -0.120. The van der Waals surface area contributed by atoms with E-state index in [0.29, 0.717) is 45.8 Å². The maximum absolute atomic E-state index is 11.5. The SMILES string of the molecule is NCCCCS(=O)(=O)NC(=O)CCOCCOCCN. The summed E-state index contributed by atoms with van der Waals surface area (Å²) in [6, 6.07) is 0. The molecule has 0 aliphatic carbocycles. The van der Waals surface area contributed by atoms with Crippen LogP contribution in [0.3, 0.4) is 0 Å². The normalized spacial score (nSPS) is 11.5. The number of carbonyl (C=O) groups excluding carboxylic acids is 1. The van der Waals surface area contributed by atoms with E-state index in [9.17, 15) is 13.2 Å². The van der Waals surface area contributed by atoms with Crippen LogP contribution < -0.4 is 16.2 Å². The first kappa shape index (κ1) is 19.3. The van der Waals surface area contributed by atoms with E-state index in [1.54, 1.807) is 0 Å². The Hall–Kier alpha value is -0.740. The van der Waals surface area contributed by atoms with Gasteiger partial charge in [0.05, 0.1) is 38.6 Å². The highest BCUT2D eigenvalue weighted by atomic mass is 32.2. The standard InChI is InChI=1S/C11H25N3O5S/c12-4-1-2-10-20(16,17)14-11(15)3-6-18-8-9-19-7-5-13/h1-10,12-13H2,(H,14,15). The van der Waals surface area contributed by atoms with Gasteiger partial charge in [-0.15, -0.1) is 0 Å². The Bertz CT molecular complexity index is 348. The second kappa shape index (κ2) is 12.0. The van der Waals surface area contributed by atoms with Crippen LogP contribution in [0.25, 0.3) is 0 Å². The Balaban J connectivity index is 3.61. The number of nitrogens with two attached hydrogens (primary N) is 2. The van der Waals surface area contributed by atoms with Crippen molar-refractivity contribution in [2.75, 3.05) is 45.3 Å². The Labute approximate surface area is 120 Å². The zero-order chi connectivity index (χ0) is 15.3. The maximum atomic E-state index is 11.5. The van der Waals surface area contributed by atoms with E-state index in [1.165, 1.54) is 0 Å². The molecule has 20 heavy (non-hydrogen) atoms. The molecular weight excluding hydrogens is 286 g/mol. The molecule has 0 aromatic rings. The highest BCUT2D eigenvalue weighted by molar-refractivity contribution is 7.90. The summed E-state index contributed by atoms with van der Waals surface area (Å²) in [5.41, 5.74) is 10.5. The molecule has 5 N–H and O–H groups in total. The van der Waals surface area contributed by atoms with E-state index in [1.807, 2.05) is 4.72 Å². The van der Waals surface area contributed by atoms with Gasteiger partial charge in [-0.1, -0.05) is 0 Å². The maximum Gasteiger partial charge on any atom is 0.235 e. The fourth-order valence-corrected chi connectivity index (χ4v) is 2.42. The fraction of sp³-hybridized carbons (Fsp3) is 0.909. The summed E-state index contributed by atoms with van der Waals surface area (Å²) in [5.74, 6) is -0.662. The molecule has 8 nitrogen and oxygen atoms in total. The van der Waals surface area contributed by atoms with E-state index < -0.39 is 15.9 Å². The Morgan fingerprint density at radius 2 is 1.60 bits per heavy atom. The van der Waals surface area contributed by atoms with Gasteiger partial charge in [0.1, 0.15) is 0 Å². The molecule has 0 aliphatic rings. The van der Waals surface area contributed by atoms with E-state index in [4.69, 9.17) is 20.9 Å². The first-order chi connectivity index (χ1) is 9.52. The average Bonchev–Trinajstić information content (AvgIpc) is 2.37. The highest BCUT2D eigenvalue weighted by Crippen LogP contribution is 1.94. The fourth-order valence-electron chi connectivity index (χ4n) is 1.28. The molecule has 0 atom stereocenters. The molecule has 0 unspecified atom stereocenters. The van der Waals surface area contributed by atoms with Gasteiger partial charge in [-0.05, 0) is 19.4 Å². The molecule has 0 heterocycles. The molecule has 0 aromatic heterocycles. The van der Waals surface area contributed by atoms with Crippen LogP contribution in [-0.4, -0.2) is 59.6 Å². The molecule has 0 fully saturated rings. The number of hydrogen-bond donors (Lipinski definition) is 3. The van der Waals surface area contributed by atoms with Crippen molar-refractivity contribution in [3.8, 4) is 0 Å². The largest absolute Gasteiger partial charge is 0.379 e. The summed E-state index contributed by atoms with van der Waals surface area (Å²) in [7, 11) is -3.56. The number of nitrogens with one attached hydrogen (secondary N) is 1. The minimum atomic E-state index is -3.56. The first-order valence-electron chi connectivity index (χ1n) is 6.61. The Morgan fingerprint density at radius 3 is 2.20 bits per heavy atom. The van der Waals surface area contributed by atoms with Crippen molar-refractivity contribution in [1.29, 1.82) is 0 Å². The van der Waals surface area contributed by atoms with E-state index in [0.717, 1.165) is 0 Å². The summed E-state index contributed by atoms with van der Waals surface area (Å²) < 4.78 is 35.1. The molecule has 9 heteroatoms. The molecule has 0 rings (SSSR count). The van der Waals surface area contributed by atoms with Crippen molar-refractivity contribution in [2.45, 2.75) is 19.3 Å². The van der Waals surface area contributed by atoms with Gasteiger partial charge in [-0.3, -0.25) is 9.52 Å². The zero-order valence-corrected chi connectivity index (χ0v) is 12.5. The number of rotatable bonds is 13. The molecule has 0 spiro atoms. The Morgan fingerprint density at radius 1 is 0.950 bits per heavy atom. The number of amides is 1. The van der Waals surface area contributed by atoms with Gasteiger partial charge in [0, 0.05) is 6.54 Å². The molecule has 1 amide bonds. The summed E-state index contributed by atoms with van der Waals surface area (Å²) >= 11 is 0. The molecule has 0 saturated carbocycles. The molecular formula is C11H25N3O5S. The molecule has 0 saturated heterocycles. The van der Waals surface area contributed by atoms with E-state index in [-0.39, 0.29) is 18.8 Å². The Kier molecular flexibility index (Phi) is 11.6. The summed E-state index contributed by atoms with van der Waals surface area (Å²) in [6.07, 6.45) is 1.04. The van der Waals surface area contributed by atoms with Gasteiger partial charge in [0.25, 0.3) is 0 Å². The van der Waals surface area contributed by atoms with Crippen LogP contribution in [0.4, 0.5) is 0 Å². The molecule has 0 aromatic carbocycles. The third-order valence-electron chi connectivity index (χ3n) is 2.24. The number of hydrogen-bond acceptors (Lipinski definition) is 7. The van der Waals surface area contributed by atoms with Crippen molar-refractivity contribution >= 4 is 15.9 Å². The van der Waals surface area contributed by atoms with Gasteiger partial charge in [0.15, 0.2) is 0 Å². The lowest BCUT2D eigenvalue weighted by Crippen LogP contribution is -2.33. The van der Waals surface area contributed by atoms with Gasteiger partial charge < -0.3 is 20.9 Å². The third kappa shape index (κ3) is 12.3. The predicted octanol–water partition coefficient (Wildman–Crippen LogP) is -1.45. The van der Waals surface area contributed by atoms with Crippen LogP contribution in [0.5, 0.6) is 0 Å². The third-order valence-corrected chi connectivity index (χ3v) is 3.61. The van der Waals surface area contributed by atoms with Gasteiger partial charge in [-0.2, -0.15) is 0 Å². The predicted molar refractivity (Wildman–Crippen MR) is 75.5 cm³/mol. The summed E-state index contributed by atoms with van der Waals surface area (Å²) in [6.45, 7) is 2.24. The second-order valence-corrected chi connectivity index (χ2v) is 5.95. The van der Waals surface area contributed by atoms with Crippen LogP contribution in [0.1, 0.15) is 19.3 Å². The van der Waals surface area contributed by atoms with Crippen LogP contribution in [0, 0.1) is 0 Å². The van der Waals surface area contributed by atoms with E-state index >= 15 is 0 Å². The second-order valence-electron chi connectivity index (χ2n) is 4.10. The van der Waals surface area contributed by atoms with Gasteiger partial charge in [-0.25, -0.2) is 8.42 Å². The van der Waals surface area contributed by atoms with Crippen molar-refractivity contribution in [1.82, 2.24) is 4.72 Å². The molecule has 0 radical (unpaired) electrons. The monoisotopic (exact) mass is 311 g/mol. The summed E-state index contributed by atoms with van der Waals surface area (Å²) in [5, 5.41) is 0. The lowest BCUT2D eigenvalue weighted by atomic mass is 10.3. The van der Waals surface area contributed by atoms with Crippen LogP contribution in [-0.2, 0) is 24.3 Å². The molecule has 0 bridgehead atoms. The average molecular weight is 311 g/mol. The van der Waals surface area contributed by atoms with Crippen molar-refractivity contribution in [3.05, 3.63) is 0 Å². The van der Waals surface area contributed by atoms with Gasteiger partial charge >= 0.3 is 0 Å². The quantitative estimate of drug-likeness (QED) is 0.354. The number of ether oxygens (including phenoxy) is 2. The van der Waals surface area contributed by atoms with Crippen LogP contribution >= 0.6 is 0 Å². The van der Waals surface area contributed by atoms with Crippen molar-refractivity contribution in [3.63, 3.8) is 0 Å². The topological polar surface area (TPSA) is 134 Å².